The molecule has 6 nitrogen and oxygen atoms in total. The molecule has 4 rings (SSSR count). The number of Topliss-reactive ketones (excluding diaryl/α,β-unsaturated/α-hetero) is 1. The number of hydrogen-bond donors (Lipinski definition) is 1. The number of amides is 1. The van der Waals surface area contributed by atoms with Crippen LogP contribution in [0, 0.1) is 5.82 Å². The first kappa shape index (κ1) is 25.0. The van der Waals surface area contributed by atoms with E-state index < -0.39 is 29.3 Å². The van der Waals surface area contributed by atoms with E-state index in [0.29, 0.717) is 23.6 Å². The number of benzene rings is 3. The number of aliphatic hydroxyl groups excluding tert-OH is 1. The van der Waals surface area contributed by atoms with Crippen molar-refractivity contribution in [3.63, 3.8) is 0 Å². The summed E-state index contributed by atoms with van der Waals surface area (Å²) in [7, 11) is 1.38. The summed E-state index contributed by atoms with van der Waals surface area (Å²) in [5, 5.41) is 11.3. The Bertz CT molecular complexity index is 1310. The van der Waals surface area contributed by atoms with Crippen molar-refractivity contribution in [1.29, 1.82) is 0 Å². The van der Waals surface area contributed by atoms with Crippen molar-refractivity contribution in [3.8, 4) is 11.5 Å². The first-order valence-corrected chi connectivity index (χ1v) is 11.7. The van der Waals surface area contributed by atoms with E-state index in [1.165, 1.54) is 24.1 Å². The number of ketones is 1. The monoisotopic (exact) mass is 489 g/mol. The molecule has 0 spiro atoms. The summed E-state index contributed by atoms with van der Waals surface area (Å²) in [5.41, 5.74) is 2.01. The number of nitrogens with zero attached hydrogens (tertiary/aromatic N) is 1. The predicted molar refractivity (Wildman–Crippen MR) is 136 cm³/mol. The highest BCUT2D eigenvalue weighted by Crippen LogP contribution is 2.43. The highest BCUT2D eigenvalue weighted by atomic mass is 19.1. The Morgan fingerprint density at radius 1 is 1.03 bits per heavy atom. The predicted octanol–water partition coefficient (Wildman–Crippen LogP) is 5.98. The zero-order valence-electron chi connectivity index (χ0n) is 20.6. The smallest absolute Gasteiger partial charge is 0.300 e. The minimum absolute atomic E-state index is 0.0124. The highest BCUT2D eigenvalue weighted by molar-refractivity contribution is 6.51. The van der Waals surface area contributed by atoms with Crippen LogP contribution in [-0.4, -0.2) is 30.5 Å². The van der Waals surface area contributed by atoms with Crippen molar-refractivity contribution in [3.05, 3.63) is 94.8 Å². The maximum absolute atomic E-state index is 14.1. The van der Waals surface area contributed by atoms with Crippen LogP contribution in [0.25, 0.3) is 5.76 Å². The molecule has 7 heteroatoms. The molecule has 0 radical (unpaired) electrons. The van der Waals surface area contributed by atoms with E-state index in [9.17, 15) is 19.1 Å². The molecule has 186 valence electrons. The Morgan fingerprint density at radius 2 is 1.69 bits per heavy atom. The van der Waals surface area contributed by atoms with Gasteiger partial charge >= 0.3 is 0 Å². The van der Waals surface area contributed by atoms with Gasteiger partial charge < -0.3 is 14.6 Å². The van der Waals surface area contributed by atoms with E-state index in [1.54, 1.807) is 36.4 Å². The number of carbonyl (C=O) groups excluding carboxylic acids is 2. The number of anilines is 1. The summed E-state index contributed by atoms with van der Waals surface area (Å²) in [6.07, 6.45) is 0. The van der Waals surface area contributed by atoms with Crippen LogP contribution in [0.4, 0.5) is 10.1 Å². The van der Waals surface area contributed by atoms with Crippen LogP contribution in [0.15, 0.2) is 72.3 Å². The Balaban J connectivity index is 1.92. The van der Waals surface area contributed by atoms with Crippen LogP contribution in [-0.2, 0) is 9.59 Å². The van der Waals surface area contributed by atoms with Crippen molar-refractivity contribution in [2.24, 2.45) is 0 Å². The lowest BCUT2D eigenvalue weighted by Gasteiger charge is -2.26. The molecule has 1 atom stereocenters. The molecule has 36 heavy (non-hydrogen) atoms. The van der Waals surface area contributed by atoms with Gasteiger partial charge in [0, 0.05) is 5.69 Å². The zero-order chi connectivity index (χ0) is 26.0. The maximum Gasteiger partial charge on any atom is 0.300 e. The number of halogens is 1. The van der Waals surface area contributed by atoms with E-state index in [2.05, 4.69) is 13.8 Å². The van der Waals surface area contributed by atoms with Gasteiger partial charge in [-0.05, 0) is 66.4 Å². The van der Waals surface area contributed by atoms with Crippen molar-refractivity contribution >= 4 is 23.1 Å². The fourth-order valence-corrected chi connectivity index (χ4v) is 4.36. The lowest BCUT2D eigenvalue weighted by atomic mass is 9.94. The molecule has 1 aliphatic rings. The molecule has 0 bridgehead atoms. The summed E-state index contributed by atoms with van der Waals surface area (Å²) in [6, 6.07) is 17.0. The van der Waals surface area contributed by atoms with Gasteiger partial charge in [-0.1, -0.05) is 38.1 Å². The summed E-state index contributed by atoms with van der Waals surface area (Å²) < 4.78 is 24.9. The molecule has 1 amide bonds. The van der Waals surface area contributed by atoms with Crippen LogP contribution < -0.4 is 14.4 Å². The third-order valence-corrected chi connectivity index (χ3v) is 6.21. The van der Waals surface area contributed by atoms with Crippen LogP contribution in [0.5, 0.6) is 11.5 Å². The molecular weight excluding hydrogens is 461 g/mol. The SMILES string of the molecule is CCOc1ccc(C2/C(=C(\O)c3cc(F)ccc3OC)C(=O)C(=O)N2c2ccc(C(C)C)cc2)cc1. The molecule has 1 unspecified atom stereocenters. The van der Waals surface area contributed by atoms with Crippen LogP contribution in [0.1, 0.15) is 49.4 Å². The number of ether oxygens (including phenoxy) is 2. The van der Waals surface area contributed by atoms with Crippen LogP contribution in [0.3, 0.4) is 0 Å². The molecule has 3 aromatic carbocycles. The topological polar surface area (TPSA) is 76.1 Å². The first-order valence-electron chi connectivity index (χ1n) is 11.7. The van der Waals surface area contributed by atoms with Gasteiger partial charge in [0.25, 0.3) is 11.7 Å². The van der Waals surface area contributed by atoms with Crippen LogP contribution >= 0.6 is 0 Å². The summed E-state index contributed by atoms with van der Waals surface area (Å²) in [5.74, 6) is -1.69. The molecule has 0 aromatic heterocycles. The van der Waals surface area contributed by atoms with Crippen molar-refractivity contribution in [2.45, 2.75) is 32.7 Å². The molecule has 1 fully saturated rings. The minimum atomic E-state index is -0.946. The Hall–Kier alpha value is -4.13. The molecule has 1 saturated heterocycles. The van der Waals surface area contributed by atoms with Gasteiger partial charge in [0.1, 0.15) is 23.1 Å². The van der Waals surface area contributed by atoms with Gasteiger partial charge in [0.15, 0.2) is 0 Å². The van der Waals surface area contributed by atoms with Gasteiger partial charge in [-0.15, -0.1) is 0 Å². The lowest BCUT2D eigenvalue weighted by Crippen LogP contribution is -2.29. The molecule has 1 heterocycles. The molecule has 1 N–H and O–H groups in total. The molecular formula is C29H28FNO5. The van der Waals surface area contributed by atoms with Crippen LogP contribution in [0.2, 0.25) is 0 Å². The number of methoxy groups -OCH3 is 1. The second kappa shape index (κ2) is 10.2. The standard InChI is InChI=1S/C29H28FNO5/c1-5-36-22-13-8-19(9-14-22)26-25(27(32)23-16-20(30)10-15-24(23)35-4)28(33)29(34)31(26)21-11-6-18(7-12-21)17(2)3/h6-17,26,32H,5H2,1-4H3/b27-25+. The number of rotatable bonds is 7. The van der Waals surface area contributed by atoms with Crippen molar-refractivity contribution in [2.75, 3.05) is 18.6 Å². The second-order valence-corrected chi connectivity index (χ2v) is 8.76. The van der Waals surface area contributed by atoms with E-state index in [0.717, 1.165) is 11.6 Å². The number of carbonyl (C=O) groups is 2. The summed E-state index contributed by atoms with van der Waals surface area (Å²) in [6.45, 7) is 6.48. The summed E-state index contributed by atoms with van der Waals surface area (Å²) in [4.78, 5) is 28.1. The number of hydrogen-bond acceptors (Lipinski definition) is 5. The average Bonchev–Trinajstić information content (AvgIpc) is 3.14. The maximum atomic E-state index is 14.1. The Kier molecular flexibility index (Phi) is 7.10. The van der Waals surface area contributed by atoms with E-state index in [-0.39, 0.29) is 22.8 Å². The van der Waals surface area contributed by atoms with Crippen molar-refractivity contribution < 1.29 is 28.6 Å². The largest absolute Gasteiger partial charge is 0.507 e. The molecule has 1 aliphatic heterocycles. The molecule has 0 aliphatic carbocycles. The normalized spacial score (nSPS) is 17.1. The molecule has 0 saturated carbocycles. The quantitative estimate of drug-likeness (QED) is 0.251. The van der Waals surface area contributed by atoms with Gasteiger partial charge in [-0.2, -0.15) is 0 Å². The Labute approximate surface area is 209 Å². The van der Waals surface area contributed by atoms with Crippen molar-refractivity contribution in [1.82, 2.24) is 0 Å². The first-order chi connectivity index (χ1) is 17.3. The van der Waals surface area contributed by atoms with E-state index in [1.807, 2.05) is 19.1 Å². The van der Waals surface area contributed by atoms with E-state index >= 15 is 0 Å². The fraction of sp³-hybridized carbons (Fsp3) is 0.241. The highest BCUT2D eigenvalue weighted by Gasteiger charge is 2.47. The molecule has 3 aromatic rings. The summed E-state index contributed by atoms with van der Waals surface area (Å²) >= 11 is 0. The third-order valence-electron chi connectivity index (χ3n) is 6.21. The van der Waals surface area contributed by atoms with E-state index in [4.69, 9.17) is 9.47 Å². The lowest BCUT2D eigenvalue weighted by molar-refractivity contribution is -0.132. The number of aliphatic hydroxyl groups is 1. The minimum Gasteiger partial charge on any atom is -0.507 e. The average molecular weight is 490 g/mol. The fourth-order valence-electron chi connectivity index (χ4n) is 4.36. The zero-order valence-corrected chi connectivity index (χ0v) is 20.6. The van der Waals surface area contributed by atoms with Gasteiger partial charge in [-0.25, -0.2) is 4.39 Å². The van der Waals surface area contributed by atoms with Gasteiger partial charge in [0.05, 0.1) is 30.9 Å². The van der Waals surface area contributed by atoms with Gasteiger partial charge in [-0.3, -0.25) is 14.5 Å². The Morgan fingerprint density at radius 3 is 2.28 bits per heavy atom. The third kappa shape index (κ3) is 4.56. The second-order valence-electron chi connectivity index (χ2n) is 8.76. The van der Waals surface area contributed by atoms with Gasteiger partial charge in [0.2, 0.25) is 0 Å².